The molecule has 2 aliphatic rings. The number of rotatable bonds is 3. The quantitative estimate of drug-likeness (QED) is 0.730. The molecule has 1 saturated carbocycles. The maximum atomic E-state index is 5.80. The molecule has 0 atom stereocenters. The molecule has 0 aromatic carbocycles. The van der Waals surface area contributed by atoms with Crippen LogP contribution in [-0.2, 0) is 4.74 Å². The van der Waals surface area contributed by atoms with Crippen LogP contribution in [0.3, 0.4) is 0 Å². The highest BCUT2D eigenvalue weighted by atomic mass is 16.5. The van der Waals surface area contributed by atoms with E-state index in [2.05, 4.69) is 4.90 Å². The van der Waals surface area contributed by atoms with Gasteiger partial charge in [-0.3, -0.25) is 0 Å². The molecule has 2 fully saturated rings. The van der Waals surface area contributed by atoms with Gasteiger partial charge in [-0.25, -0.2) is 0 Å². The van der Waals surface area contributed by atoms with Crippen LogP contribution in [-0.4, -0.2) is 43.8 Å². The van der Waals surface area contributed by atoms with Gasteiger partial charge in [-0.15, -0.1) is 0 Å². The summed E-state index contributed by atoms with van der Waals surface area (Å²) in [6.45, 7) is 3.45. The second-order valence-electron chi connectivity index (χ2n) is 4.82. The Kier molecular flexibility index (Phi) is 3.42. The molecule has 2 N–H and O–H groups in total. The van der Waals surface area contributed by atoms with Crippen molar-refractivity contribution >= 4 is 0 Å². The Labute approximate surface area is 86.6 Å². The molecule has 0 spiro atoms. The zero-order valence-corrected chi connectivity index (χ0v) is 9.11. The van der Waals surface area contributed by atoms with Crippen LogP contribution < -0.4 is 5.73 Å². The van der Waals surface area contributed by atoms with Crippen molar-refractivity contribution in [3.63, 3.8) is 0 Å². The number of hydrogen-bond acceptors (Lipinski definition) is 3. The third-order valence-electron chi connectivity index (χ3n) is 3.72. The van der Waals surface area contributed by atoms with Crippen LogP contribution in [0.1, 0.15) is 25.7 Å². The molecule has 0 aromatic rings. The van der Waals surface area contributed by atoms with Crippen molar-refractivity contribution in [3.05, 3.63) is 0 Å². The normalized spacial score (nSPS) is 35.6. The molecule has 0 unspecified atom stereocenters. The van der Waals surface area contributed by atoms with Crippen molar-refractivity contribution < 1.29 is 4.74 Å². The van der Waals surface area contributed by atoms with Crippen molar-refractivity contribution in [1.29, 1.82) is 0 Å². The summed E-state index contributed by atoms with van der Waals surface area (Å²) in [5.74, 6) is 0.796. The molecule has 1 aliphatic carbocycles. The summed E-state index contributed by atoms with van der Waals surface area (Å²) < 4.78 is 5.20. The highest BCUT2D eigenvalue weighted by Gasteiger charge is 2.33. The Morgan fingerprint density at radius 3 is 2.43 bits per heavy atom. The van der Waals surface area contributed by atoms with Crippen molar-refractivity contribution in [2.75, 3.05) is 26.8 Å². The lowest BCUT2D eigenvalue weighted by Crippen LogP contribution is -2.53. The molecule has 1 heterocycles. The van der Waals surface area contributed by atoms with Crippen molar-refractivity contribution in [1.82, 2.24) is 4.90 Å². The Hall–Kier alpha value is -0.120. The fraction of sp³-hybridized carbons (Fsp3) is 1.00. The van der Waals surface area contributed by atoms with E-state index in [1.165, 1.54) is 38.8 Å². The second kappa shape index (κ2) is 4.60. The van der Waals surface area contributed by atoms with Gasteiger partial charge in [0.1, 0.15) is 0 Å². The predicted molar refractivity (Wildman–Crippen MR) is 57.2 cm³/mol. The van der Waals surface area contributed by atoms with Crippen LogP contribution in [0.15, 0.2) is 0 Å². The first-order valence-corrected chi connectivity index (χ1v) is 5.78. The number of methoxy groups -OCH3 is 1. The Morgan fingerprint density at radius 2 is 1.93 bits per heavy atom. The Bertz CT molecular complexity index is 172. The second-order valence-corrected chi connectivity index (χ2v) is 4.82. The summed E-state index contributed by atoms with van der Waals surface area (Å²) in [7, 11) is 1.80. The van der Waals surface area contributed by atoms with Crippen LogP contribution in [0, 0.1) is 5.92 Å². The van der Waals surface area contributed by atoms with E-state index in [0.29, 0.717) is 6.04 Å². The highest BCUT2D eigenvalue weighted by Crippen LogP contribution is 2.28. The largest absolute Gasteiger partial charge is 0.384 e. The number of ether oxygens (including phenoxy) is 1. The zero-order chi connectivity index (χ0) is 9.97. The summed E-state index contributed by atoms with van der Waals surface area (Å²) in [6, 6.07) is 1.28. The lowest BCUT2D eigenvalue weighted by molar-refractivity contribution is 0.0482. The van der Waals surface area contributed by atoms with E-state index in [0.717, 1.165) is 18.6 Å². The van der Waals surface area contributed by atoms with Crippen LogP contribution in [0.25, 0.3) is 0 Å². The van der Waals surface area contributed by atoms with Crippen molar-refractivity contribution in [2.45, 2.75) is 37.8 Å². The van der Waals surface area contributed by atoms with Gasteiger partial charge in [0, 0.05) is 25.8 Å². The summed E-state index contributed by atoms with van der Waals surface area (Å²) in [5, 5.41) is 0. The molecule has 3 heteroatoms. The van der Waals surface area contributed by atoms with E-state index in [1.807, 2.05) is 0 Å². The van der Waals surface area contributed by atoms with Gasteiger partial charge >= 0.3 is 0 Å². The van der Waals surface area contributed by atoms with Crippen molar-refractivity contribution in [3.8, 4) is 0 Å². The van der Waals surface area contributed by atoms with Crippen LogP contribution in [0.4, 0.5) is 0 Å². The first-order valence-electron chi connectivity index (χ1n) is 5.78. The molecule has 3 nitrogen and oxygen atoms in total. The van der Waals surface area contributed by atoms with Gasteiger partial charge in [0.2, 0.25) is 0 Å². The van der Waals surface area contributed by atoms with Gasteiger partial charge in [0.05, 0.1) is 0 Å². The molecular weight excluding hydrogens is 176 g/mol. The van der Waals surface area contributed by atoms with Gasteiger partial charge < -0.3 is 15.4 Å². The first-order chi connectivity index (χ1) is 6.79. The molecule has 1 aliphatic heterocycles. The van der Waals surface area contributed by atoms with Gasteiger partial charge in [0.25, 0.3) is 0 Å². The van der Waals surface area contributed by atoms with Crippen molar-refractivity contribution in [2.24, 2.45) is 11.7 Å². The van der Waals surface area contributed by atoms with Crippen LogP contribution >= 0.6 is 0 Å². The molecule has 14 heavy (non-hydrogen) atoms. The molecule has 0 amide bonds. The Morgan fingerprint density at radius 1 is 1.29 bits per heavy atom. The molecule has 1 saturated heterocycles. The molecular formula is C11H22N2O. The van der Waals surface area contributed by atoms with E-state index in [4.69, 9.17) is 10.5 Å². The number of piperidine rings is 1. The highest BCUT2D eigenvalue weighted by molar-refractivity contribution is 4.91. The number of nitrogens with zero attached hydrogens (tertiary/aromatic N) is 1. The van der Waals surface area contributed by atoms with E-state index >= 15 is 0 Å². The molecule has 2 rings (SSSR count). The van der Waals surface area contributed by atoms with E-state index < -0.39 is 0 Å². The smallest absolute Gasteiger partial charge is 0.0491 e. The lowest BCUT2D eigenvalue weighted by atomic mass is 9.84. The van der Waals surface area contributed by atoms with Crippen LogP contribution in [0.2, 0.25) is 0 Å². The average Bonchev–Trinajstić information content (AvgIpc) is 2.15. The maximum Gasteiger partial charge on any atom is 0.0491 e. The summed E-state index contributed by atoms with van der Waals surface area (Å²) in [5.41, 5.74) is 5.80. The predicted octanol–water partition coefficient (Wildman–Crippen LogP) is 0.834. The fourth-order valence-corrected chi connectivity index (χ4v) is 2.65. The van der Waals surface area contributed by atoms with Gasteiger partial charge in [-0.05, 0) is 44.7 Å². The molecule has 0 radical (unpaired) electrons. The number of likely N-dealkylation sites (tertiary alicyclic amines) is 1. The number of nitrogens with two attached hydrogens (primary N) is 1. The monoisotopic (exact) mass is 198 g/mol. The van der Waals surface area contributed by atoms with E-state index in [-0.39, 0.29) is 0 Å². The SMILES string of the molecule is COCC1CCN(C2CC(N)C2)CC1. The molecule has 82 valence electrons. The zero-order valence-electron chi connectivity index (χ0n) is 9.11. The Balaban J connectivity index is 1.68. The average molecular weight is 198 g/mol. The fourth-order valence-electron chi connectivity index (χ4n) is 2.65. The summed E-state index contributed by atoms with van der Waals surface area (Å²) in [6.07, 6.45) is 5.04. The standard InChI is InChI=1S/C11H22N2O/c1-14-8-9-2-4-13(5-3-9)11-6-10(12)7-11/h9-11H,2-8,12H2,1H3. The van der Waals surface area contributed by atoms with E-state index in [1.54, 1.807) is 7.11 Å². The third-order valence-corrected chi connectivity index (χ3v) is 3.72. The van der Waals surface area contributed by atoms with Gasteiger partial charge in [-0.1, -0.05) is 0 Å². The van der Waals surface area contributed by atoms with E-state index in [9.17, 15) is 0 Å². The van der Waals surface area contributed by atoms with Gasteiger partial charge in [-0.2, -0.15) is 0 Å². The molecule has 0 bridgehead atoms. The first kappa shape index (κ1) is 10.4. The lowest BCUT2D eigenvalue weighted by Gasteiger charge is -2.44. The molecule has 0 aromatic heterocycles. The maximum absolute atomic E-state index is 5.80. The number of hydrogen-bond donors (Lipinski definition) is 1. The van der Waals surface area contributed by atoms with Gasteiger partial charge in [0.15, 0.2) is 0 Å². The minimum absolute atomic E-state index is 0.483. The minimum atomic E-state index is 0.483. The van der Waals surface area contributed by atoms with Crippen LogP contribution in [0.5, 0.6) is 0 Å². The third kappa shape index (κ3) is 2.27. The summed E-state index contributed by atoms with van der Waals surface area (Å²) in [4.78, 5) is 2.62. The minimum Gasteiger partial charge on any atom is -0.384 e. The topological polar surface area (TPSA) is 38.5 Å². The summed E-state index contributed by atoms with van der Waals surface area (Å²) >= 11 is 0.